The normalized spacial score (nSPS) is 17.5. The zero-order valence-corrected chi connectivity index (χ0v) is 13.7. The van der Waals surface area contributed by atoms with Crippen molar-refractivity contribution in [2.45, 2.75) is 25.4 Å². The van der Waals surface area contributed by atoms with Crippen LogP contribution in [0, 0.1) is 0 Å². The van der Waals surface area contributed by atoms with Gasteiger partial charge in [0.2, 0.25) is 5.91 Å². The van der Waals surface area contributed by atoms with Crippen LogP contribution in [0.15, 0.2) is 47.7 Å². The van der Waals surface area contributed by atoms with Crippen molar-refractivity contribution in [3.05, 3.63) is 53.3 Å². The topological polar surface area (TPSA) is 71.3 Å². The number of amides is 1. The first kappa shape index (κ1) is 16.2. The maximum atomic E-state index is 12.5. The lowest BCUT2D eigenvalue weighted by Gasteiger charge is -2.38. The lowest BCUT2D eigenvalue weighted by atomic mass is 10.0. The van der Waals surface area contributed by atoms with E-state index in [1.54, 1.807) is 30.4 Å². The fourth-order valence-electron chi connectivity index (χ4n) is 2.99. The first-order valence-corrected chi connectivity index (χ1v) is 8.08. The number of anilines is 1. The molecule has 1 fully saturated rings. The van der Waals surface area contributed by atoms with Crippen LogP contribution in [-0.2, 0) is 11.3 Å². The third kappa shape index (κ3) is 3.61. The van der Waals surface area contributed by atoms with E-state index in [0.717, 1.165) is 31.7 Å². The van der Waals surface area contributed by atoms with E-state index in [2.05, 4.69) is 14.9 Å². The summed E-state index contributed by atoms with van der Waals surface area (Å²) in [6, 6.07) is 7.61. The molecule has 0 saturated carbocycles. The molecule has 7 nitrogen and oxygen atoms in total. The van der Waals surface area contributed by atoms with Crippen LogP contribution in [-0.4, -0.2) is 51.5 Å². The summed E-state index contributed by atoms with van der Waals surface area (Å²) in [4.78, 5) is 36.2. The van der Waals surface area contributed by atoms with Crippen LogP contribution in [0.3, 0.4) is 0 Å². The van der Waals surface area contributed by atoms with Gasteiger partial charge in [-0.05, 0) is 31.0 Å². The molecule has 0 aliphatic carbocycles. The van der Waals surface area contributed by atoms with Gasteiger partial charge < -0.3 is 9.80 Å². The number of likely N-dealkylation sites (N-methyl/N-ethyl adjacent to an activating group) is 1. The molecule has 1 amide bonds. The quantitative estimate of drug-likeness (QED) is 0.829. The third-order valence-corrected chi connectivity index (χ3v) is 4.40. The van der Waals surface area contributed by atoms with Crippen molar-refractivity contribution >= 4 is 11.7 Å². The Balaban J connectivity index is 1.66. The monoisotopic (exact) mass is 327 g/mol. The Morgan fingerprint density at radius 1 is 1.29 bits per heavy atom. The minimum absolute atomic E-state index is 0.0171. The Bertz CT molecular complexity index is 746. The van der Waals surface area contributed by atoms with Crippen molar-refractivity contribution in [1.29, 1.82) is 0 Å². The van der Waals surface area contributed by atoms with Crippen LogP contribution in [0.1, 0.15) is 12.8 Å². The van der Waals surface area contributed by atoms with Crippen LogP contribution in [0.25, 0.3) is 0 Å². The number of carbonyl (C=O) groups excluding carboxylic acids is 1. The summed E-state index contributed by atoms with van der Waals surface area (Å²) >= 11 is 0. The molecule has 24 heavy (non-hydrogen) atoms. The van der Waals surface area contributed by atoms with Gasteiger partial charge in [0.25, 0.3) is 0 Å². The van der Waals surface area contributed by atoms with Gasteiger partial charge in [0, 0.05) is 44.8 Å². The second-order valence-electron chi connectivity index (χ2n) is 5.96. The van der Waals surface area contributed by atoms with Crippen LogP contribution in [0.2, 0.25) is 0 Å². The minimum atomic E-state index is -0.405. The van der Waals surface area contributed by atoms with Crippen LogP contribution in [0.4, 0.5) is 5.82 Å². The van der Waals surface area contributed by atoms with E-state index in [1.165, 1.54) is 10.8 Å². The molecule has 7 heteroatoms. The average molecular weight is 327 g/mol. The molecule has 1 saturated heterocycles. The zero-order chi connectivity index (χ0) is 16.9. The predicted octanol–water partition coefficient (Wildman–Crippen LogP) is 0.766. The van der Waals surface area contributed by atoms with Crippen LogP contribution in [0.5, 0.6) is 0 Å². The van der Waals surface area contributed by atoms with Gasteiger partial charge in [-0.25, -0.2) is 14.8 Å². The molecule has 3 heterocycles. The summed E-state index contributed by atoms with van der Waals surface area (Å²) in [6.07, 6.45) is 6.75. The maximum absolute atomic E-state index is 12.5. The Kier molecular flexibility index (Phi) is 4.88. The number of carbonyl (C=O) groups is 1. The molecule has 3 rings (SSSR count). The molecule has 1 aliphatic heterocycles. The molecule has 2 aromatic heterocycles. The zero-order valence-electron chi connectivity index (χ0n) is 13.7. The Labute approximate surface area is 140 Å². The van der Waals surface area contributed by atoms with E-state index in [0.29, 0.717) is 0 Å². The number of hydrogen-bond donors (Lipinski definition) is 0. The maximum Gasteiger partial charge on any atom is 0.347 e. The molecule has 0 aromatic carbocycles. The second kappa shape index (κ2) is 7.25. The van der Waals surface area contributed by atoms with Gasteiger partial charge in [-0.1, -0.05) is 6.07 Å². The van der Waals surface area contributed by atoms with E-state index >= 15 is 0 Å². The fraction of sp³-hybridized carbons (Fsp3) is 0.412. The molecule has 0 radical (unpaired) electrons. The summed E-state index contributed by atoms with van der Waals surface area (Å²) in [5.41, 5.74) is -0.405. The standard InChI is InChI=1S/C17H21N5O2/c1-20(16(23)13-22-11-5-9-19-17(22)24)14-6-4-10-21(12-14)15-7-2-3-8-18-15/h2-3,5,7-9,11,14H,4,6,10,12-13H2,1H3. The van der Waals surface area contributed by atoms with E-state index in [4.69, 9.17) is 0 Å². The van der Waals surface area contributed by atoms with Gasteiger partial charge in [-0.15, -0.1) is 0 Å². The third-order valence-electron chi connectivity index (χ3n) is 4.40. The van der Waals surface area contributed by atoms with Gasteiger partial charge in [-0.3, -0.25) is 9.36 Å². The molecule has 0 N–H and O–H groups in total. The largest absolute Gasteiger partial charge is 0.355 e. The summed E-state index contributed by atoms with van der Waals surface area (Å²) in [5, 5.41) is 0. The molecule has 1 unspecified atom stereocenters. The molecular formula is C17H21N5O2. The number of rotatable bonds is 4. The highest BCUT2D eigenvalue weighted by Gasteiger charge is 2.26. The summed E-state index contributed by atoms with van der Waals surface area (Å²) < 4.78 is 1.33. The number of nitrogens with zero attached hydrogens (tertiary/aromatic N) is 5. The summed E-state index contributed by atoms with van der Waals surface area (Å²) in [5.74, 6) is 0.851. The number of hydrogen-bond acceptors (Lipinski definition) is 5. The Hall–Kier alpha value is -2.70. The molecule has 0 bridgehead atoms. The van der Waals surface area contributed by atoms with Gasteiger partial charge in [0.15, 0.2) is 0 Å². The van der Waals surface area contributed by atoms with Gasteiger partial charge in [0.05, 0.1) is 0 Å². The van der Waals surface area contributed by atoms with E-state index < -0.39 is 5.69 Å². The highest BCUT2D eigenvalue weighted by atomic mass is 16.2. The average Bonchev–Trinajstić information content (AvgIpc) is 2.64. The predicted molar refractivity (Wildman–Crippen MR) is 90.7 cm³/mol. The lowest BCUT2D eigenvalue weighted by Crippen LogP contribution is -2.50. The van der Waals surface area contributed by atoms with Crippen molar-refractivity contribution in [1.82, 2.24) is 19.4 Å². The number of aromatic nitrogens is 3. The van der Waals surface area contributed by atoms with E-state index in [-0.39, 0.29) is 18.5 Å². The molecule has 1 aliphatic rings. The van der Waals surface area contributed by atoms with Crippen molar-refractivity contribution in [2.75, 3.05) is 25.0 Å². The fourth-order valence-corrected chi connectivity index (χ4v) is 2.99. The van der Waals surface area contributed by atoms with E-state index in [1.807, 2.05) is 18.2 Å². The van der Waals surface area contributed by atoms with E-state index in [9.17, 15) is 9.59 Å². The number of piperidine rings is 1. The first-order chi connectivity index (χ1) is 11.6. The molecule has 126 valence electrons. The van der Waals surface area contributed by atoms with Crippen molar-refractivity contribution < 1.29 is 4.79 Å². The molecule has 0 spiro atoms. The minimum Gasteiger partial charge on any atom is -0.355 e. The number of pyridine rings is 1. The van der Waals surface area contributed by atoms with Gasteiger partial charge in [0.1, 0.15) is 12.4 Å². The smallest absolute Gasteiger partial charge is 0.347 e. The Morgan fingerprint density at radius 2 is 2.12 bits per heavy atom. The summed E-state index contributed by atoms with van der Waals surface area (Å²) in [7, 11) is 1.80. The van der Waals surface area contributed by atoms with Gasteiger partial charge >= 0.3 is 5.69 Å². The Morgan fingerprint density at radius 3 is 2.88 bits per heavy atom. The van der Waals surface area contributed by atoms with Crippen LogP contribution >= 0.6 is 0 Å². The SMILES string of the molecule is CN(C(=O)Cn1cccnc1=O)C1CCCN(c2ccccn2)C1. The second-order valence-corrected chi connectivity index (χ2v) is 5.96. The highest BCUT2D eigenvalue weighted by molar-refractivity contribution is 5.76. The lowest BCUT2D eigenvalue weighted by molar-refractivity contribution is -0.132. The molecule has 1 atom stereocenters. The highest BCUT2D eigenvalue weighted by Crippen LogP contribution is 2.20. The summed E-state index contributed by atoms with van der Waals surface area (Å²) in [6.45, 7) is 1.71. The van der Waals surface area contributed by atoms with Gasteiger partial charge in [-0.2, -0.15) is 0 Å². The van der Waals surface area contributed by atoms with Crippen molar-refractivity contribution in [3.63, 3.8) is 0 Å². The van der Waals surface area contributed by atoms with Crippen LogP contribution < -0.4 is 10.6 Å². The van der Waals surface area contributed by atoms with Crippen molar-refractivity contribution in [3.8, 4) is 0 Å². The molecular weight excluding hydrogens is 306 g/mol. The molecule has 2 aromatic rings. The first-order valence-electron chi connectivity index (χ1n) is 8.08. The van der Waals surface area contributed by atoms with Crippen molar-refractivity contribution in [2.24, 2.45) is 0 Å².